The minimum atomic E-state index is -0.653. The number of benzene rings is 2. The molecule has 0 N–H and O–H groups in total. The van der Waals surface area contributed by atoms with Gasteiger partial charge < -0.3 is 14.2 Å². The molecular weight excluding hydrogens is 429 g/mol. The molecule has 0 amide bonds. The normalized spacial score (nSPS) is 14.7. The number of ether oxygens (including phenoxy) is 3. The fourth-order valence-electron chi connectivity index (χ4n) is 2.41. The first kappa shape index (κ1) is 20.2. The van der Waals surface area contributed by atoms with Crippen LogP contribution in [-0.2, 0) is 14.3 Å². The highest BCUT2D eigenvalue weighted by molar-refractivity contribution is 6.37. The van der Waals surface area contributed by atoms with Crippen LogP contribution in [0.25, 0.3) is 6.08 Å². The minimum absolute atomic E-state index is 0.0411. The van der Waals surface area contributed by atoms with Crippen molar-refractivity contribution in [3.8, 4) is 11.5 Å². The van der Waals surface area contributed by atoms with Gasteiger partial charge in [-0.1, -0.05) is 34.8 Å². The maximum absolute atomic E-state index is 12.2. The van der Waals surface area contributed by atoms with Gasteiger partial charge in [-0.3, -0.25) is 4.79 Å². The summed E-state index contributed by atoms with van der Waals surface area (Å²) in [5, 5.41) is 0.887. The van der Waals surface area contributed by atoms with Gasteiger partial charge in [-0.25, -0.2) is 9.79 Å². The Morgan fingerprint density at radius 2 is 1.89 bits per heavy atom. The highest BCUT2D eigenvalue weighted by Crippen LogP contribution is 2.37. The van der Waals surface area contributed by atoms with Crippen LogP contribution < -0.4 is 9.47 Å². The molecule has 3 rings (SSSR count). The summed E-state index contributed by atoms with van der Waals surface area (Å²) < 4.78 is 15.5. The van der Waals surface area contributed by atoms with E-state index in [9.17, 15) is 9.59 Å². The Kier molecular flexibility index (Phi) is 5.93. The molecule has 144 valence electrons. The fourth-order valence-corrected chi connectivity index (χ4v) is 3.16. The minimum Gasteiger partial charge on any atom is -0.493 e. The third kappa shape index (κ3) is 4.30. The Morgan fingerprint density at radius 1 is 1.14 bits per heavy atom. The van der Waals surface area contributed by atoms with Crippen LogP contribution >= 0.6 is 34.8 Å². The number of cyclic esters (lactones) is 1. The Labute approximate surface area is 175 Å². The molecule has 1 aliphatic rings. The number of nitrogens with zero attached hydrogens (tertiary/aromatic N) is 1. The van der Waals surface area contributed by atoms with Crippen molar-refractivity contribution in [2.24, 2.45) is 4.99 Å². The van der Waals surface area contributed by atoms with E-state index in [2.05, 4.69) is 4.99 Å². The van der Waals surface area contributed by atoms with Crippen LogP contribution in [0.1, 0.15) is 18.1 Å². The average molecular weight is 441 g/mol. The first-order chi connectivity index (χ1) is 13.3. The number of carbonyl (C=O) groups is 2. The van der Waals surface area contributed by atoms with Gasteiger partial charge in [0.05, 0.1) is 22.7 Å². The van der Waals surface area contributed by atoms with Crippen LogP contribution in [0.2, 0.25) is 15.1 Å². The third-order valence-electron chi connectivity index (χ3n) is 3.58. The summed E-state index contributed by atoms with van der Waals surface area (Å²) in [6, 6.07) is 7.79. The lowest BCUT2D eigenvalue weighted by atomic mass is 10.1. The molecular formula is C19H12Cl3NO5. The van der Waals surface area contributed by atoms with E-state index in [1.54, 1.807) is 18.2 Å². The van der Waals surface area contributed by atoms with Crippen molar-refractivity contribution in [3.05, 3.63) is 62.2 Å². The second-order valence-electron chi connectivity index (χ2n) is 5.59. The molecule has 0 spiro atoms. The molecule has 0 aliphatic carbocycles. The van der Waals surface area contributed by atoms with Crippen molar-refractivity contribution in [2.45, 2.75) is 6.92 Å². The van der Waals surface area contributed by atoms with E-state index < -0.39 is 11.9 Å². The van der Waals surface area contributed by atoms with Gasteiger partial charge >= 0.3 is 11.9 Å². The second-order valence-corrected chi connectivity index (χ2v) is 6.84. The maximum atomic E-state index is 12.2. The van der Waals surface area contributed by atoms with Crippen molar-refractivity contribution < 1.29 is 23.8 Å². The largest absolute Gasteiger partial charge is 0.493 e. The molecule has 1 heterocycles. The van der Waals surface area contributed by atoms with Crippen LogP contribution in [0.4, 0.5) is 0 Å². The molecule has 0 bridgehead atoms. The van der Waals surface area contributed by atoms with Gasteiger partial charge in [0.1, 0.15) is 0 Å². The fraction of sp³-hybridized carbons (Fsp3) is 0.105. The Hall–Kier alpha value is -2.54. The summed E-state index contributed by atoms with van der Waals surface area (Å²) in [5.41, 5.74) is 0.972. The number of methoxy groups -OCH3 is 1. The standard InChI is InChI=1S/C19H12Cl3NO5/c1-9(24)27-17-14(22)5-10(7-16(17)26-2)6-15-19(25)28-18(23-15)12-4-3-11(20)8-13(12)21/h3-8H,1-2H3/b15-6-. The molecule has 0 radical (unpaired) electrons. The number of rotatable bonds is 4. The van der Waals surface area contributed by atoms with E-state index >= 15 is 0 Å². The Morgan fingerprint density at radius 3 is 2.54 bits per heavy atom. The lowest BCUT2D eigenvalue weighted by Crippen LogP contribution is -2.06. The molecule has 9 heteroatoms. The molecule has 0 aromatic heterocycles. The SMILES string of the molecule is COc1cc(/C=C2\N=C(c3ccc(Cl)cc3Cl)OC2=O)cc(Cl)c1OC(C)=O. The highest BCUT2D eigenvalue weighted by atomic mass is 35.5. The van der Waals surface area contributed by atoms with Gasteiger partial charge in [0.15, 0.2) is 17.2 Å². The van der Waals surface area contributed by atoms with Crippen LogP contribution in [0, 0.1) is 0 Å². The van der Waals surface area contributed by atoms with Crippen LogP contribution in [0.5, 0.6) is 11.5 Å². The van der Waals surface area contributed by atoms with Crippen molar-refractivity contribution in [2.75, 3.05) is 7.11 Å². The molecule has 0 saturated heterocycles. The number of hydrogen-bond donors (Lipinski definition) is 0. The zero-order valence-corrected chi connectivity index (χ0v) is 16.9. The second kappa shape index (κ2) is 8.22. The molecule has 28 heavy (non-hydrogen) atoms. The molecule has 0 unspecified atom stereocenters. The van der Waals surface area contributed by atoms with Crippen molar-refractivity contribution >= 4 is 58.7 Å². The zero-order valence-electron chi connectivity index (χ0n) is 14.6. The van der Waals surface area contributed by atoms with Crippen LogP contribution in [0.15, 0.2) is 41.0 Å². The summed E-state index contributed by atoms with van der Waals surface area (Å²) >= 11 is 18.2. The van der Waals surface area contributed by atoms with Crippen LogP contribution in [0.3, 0.4) is 0 Å². The molecule has 0 saturated carbocycles. The van der Waals surface area contributed by atoms with E-state index in [-0.39, 0.29) is 28.1 Å². The van der Waals surface area contributed by atoms with Crippen molar-refractivity contribution in [3.63, 3.8) is 0 Å². The number of carbonyl (C=O) groups excluding carboxylic acids is 2. The summed E-state index contributed by atoms with van der Waals surface area (Å²) in [5.74, 6) is -0.816. The number of hydrogen-bond acceptors (Lipinski definition) is 6. The van der Waals surface area contributed by atoms with E-state index in [0.29, 0.717) is 21.2 Å². The zero-order chi connectivity index (χ0) is 20.4. The van der Waals surface area contributed by atoms with Crippen molar-refractivity contribution in [1.82, 2.24) is 0 Å². The Balaban J connectivity index is 1.99. The quantitative estimate of drug-likeness (QED) is 0.383. The smallest absolute Gasteiger partial charge is 0.363 e. The molecule has 0 atom stereocenters. The van der Waals surface area contributed by atoms with E-state index in [4.69, 9.17) is 49.0 Å². The molecule has 1 aliphatic heterocycles. The summed E-state index contributed by atoms with van der Waals surface area (Å²) in [6.07, 6.45) is 1.46. The summed E-state index contributed by atoms with van der Waals surface area (Å²) in [6.45, 7) is 1.25. The monoisotopic (exact) mass is 439 g/mol. The third-order valence-corrected chi connectivity index (χ3v) is 4.41. The van der Waals surface area contributed by atoms with Gasteiger partial charge in [0, 0.05) is 11.9 Å². The van der Waals surface area contributed by atoms with Gasteiger partial charge in [0.25, 0.3) is 0 Å². The van der Waals surface area contributed by atoms with E-state index in [0.717, 1.165) is 0 Å². The van der Waals surface area contributed by atoms with E-state index in [1.807, 2.05) is 0 Å². The molecule has 2 aromatic rings. The molecule has 6 nitrogen and oxygen atoms in total. The highest BCUT2D eigenvalue weighted by Gasteiger charge is 2.26. The first-order valence-electron chi connectivity index (χ1n) is 7.82. The summed E-state index contributed by atoms with van der Waals surface area (Å²) in [7, 11) is 1.40. The van der Waals surface area contributed by atoms with Crippen LogP contribution in [-0.4, -0.2) is 24.9 Å². The topological polar surface area (TPSA) is 74.2 Å². The predicted molar refractivity (Wildman–Crippen MR) is 106 cm³/mol. The van der Waals surface area contributed by atoms with Gasteiger partial charge in [-0.15, -0.1) is 0 Å². The van der Waals surface area contributed by atoms with Crippen molar-refractivity contribution in [1.29, 1.82) is 0 Å². The van der Waals surface area contributed by atoms with Gasteiger partial charge in [-0.2, -0.15) is 0 Å². The lowest BCUT2D eigenvalue weighted by molar-refractivity contribution is -0.132. The average Bonchev–Trinajstić information content (AvgIpc) is 2.97. The number of esters is 2. The Bertz CT molecular complexity index is 1050. The van der Waals surface area contributed by atoms with Gasteiger partial charge in [-0.05, 0) is 42.0 Å². The molecule has 0 fully saturated rings. The van der Waals surface area contributed by atoms with Gasteiger partial charge in [0.2, 0.25) is 5.90 Å². The predicted octanol–water partition coefficient (Wildman–Crippen LogP) is 4.93. The number of aliphatic imine (C=N–C) groups is 1. The summed E-state index contributed by atoms with van der Waals surface area (Å²) in [4.78, 5) is 27.6. The first-order valence-corrected chi connectivity index (χ1v) is 8.96. The number of halogens is 3. The van der Waals surface area contributed by atoms with E-state index in [1.165, 1.54) is 32.2 Å². The molecule has 2 aromatic carbocycles. The maximum Gasteiger partial charge on any atom is 0.363 e. The lowest BCUT2D eigenvalue weighted by Gasteiger charge is -2.10.